The molecule has 1 aliphatic heterocycles. The van der Waals surface area contributed by atoms with Crippen LogP contribution in [0, 0.1) is 0 Å². The summed E-state index contributed by atoms with van der Waals surface area (Å²) in [6.45, 7) is 3.57. The van der Waals surface area contributed by atoms with Gasteiger partial charge in [-0.2, -0.15) is 0 Å². The van der Waals surface area contributed by atoms with Gasteiger partial charge in [0.2, 0.25) is 5.79 Å². The highest BCUT2D eigenvalue weighted by Gasteiger charge is 2.29. The Bertz CT molecular complexity index is 670. The van der Waals surface area contributed by atoms with Gasteiger partial charge in [-0.25, -0.2) is 0 Å². The van der Waals surface area contributed by atoms with E-state index in [1.54, 1.807) is 38.1 Å². The molecule has 0 aromatic heterocycles. The third-order valence-electron chi connectivity index (χ3n) is 3.29. The average molecular weight is 282 g/mol. The van der Waals surface area contributed by atoms with Crippen molar-refractivity contribution in [2.45, 2.75) is 19.6 Å². The lowest BCUT2D eigenvalue weighted by Gasteiger charge is -2.25. The molecule has 3 rings (SSSR count). The van der Waals surface area contributed by atoms with Gasteiger partial charge in [0, 0.05) is 36.1 Å². The number of benzene rings is 2. The van der Waals surface area contributed by atoms with Gasteiger partial charge in [0.1, 0.15) is 24.1 Å². The highest BCUT2D eigenvalue weighted by atomic mass is 16.7. The summed E-state index contributed by atoms with van der Waals surface area (Å²) in [7, 11) is 0. The summed E-state index contributed by atoms with van der Waals surface area (Å²) >= 11 is 0. The Balaban J connectivity index is 2.26. The van der Waals surface area contributed by atoms with E-state index >= 15 is 0 Å². The number of carbonyl (C=O) groups excluding carboxylic acids is 2. The molecule has 2 aromatic rings. The highest BCUT2D eigenvalue weighted by Crippen LogP contribution is 2.42. The number of fused-ring (bicyclic) bond motifs is 3. The summed E-state index contributed by atoms with van der Waals surface area (Å²) < 4.78 is 11.7. The second-order valence-corrected chi connectivity index (χ2v) is 5.35. The fourth-order valence-corrected chi connectivity index (χ4v) is 2.39. The Hall–Kier alpha value is -2.62. The fourth-order valence-electron chi connectivity index (χ4n) is 2.39. The molecule has 0 amide bonds. The third-order valence-corrected chi connectivity index (χ3v) is 3.29. The molecule has 4 heteroatoms. The molecule has 21 heavy (non-hydrogen) atoms. The molecule has 0 spiro atoms. The maximum absolute atomic E-state index is 10.9. The van der Waals surface area contributed by atoms with Crippen molar-refractivity contribution in [3.8, 4) is 22.6 Å². The van der Waals surface area contributed by atoms with E-state index in [0.717, 1.165) is 23.7 Å². The van der Waals surface area contributed by atoms with Gasteiger partial charge in [0.25, 0.3) is 0 Å². The van der Waals surface area contributed by atoms with E-state index < -0.39 is 5.79 Å². The van der Waals surface area contributed by atoms with Crippen LogP contribution in [0.4, 0.5) is 0 Å². The molecule has 4 nitrogen and oxygen atoms in total. The summed E-state index contributed by atoms with van der Waals surface area (Å²) in [6, 6.07) is 10.5. The van der Waals surface area contributed by atoms with Crippen molar-refractivity contribution in [3.05, 3.63) is 47.5 Å². The van der Waals surface area contributed by atoms with Crippen LogP contribution in [-0.2, 0) is 0 Å². The Kier molecular flexibility index (Phi) is 3.01. The molecule has 1 aliphatic rings. The first-order chi connectivity index (χ1) is 10.0. The first-order valence-corrected chi connectivity index (χ1v) is 6.59. The lowest BCUT2D eigenvalue weighted by atomic mass is 10.0. The second-order valence-electron chi connectivity index (χ2n) is 5.35. The molecule has 0 aliphatic carbocycles. The Morgan fingerprint density at radius 1 is 0.810 bits per heavy atom. The minimum atomic E-state index is -0.900. The van der Waals surface area contributed by atoms with Gasteiger partial charge in [0.05, 0.1) is 0 Å². The molecule has 106 valence electrons. The van der Waals surface area contributed by atoms with Crippen molar-refractivity contribution in [1.82, 2.24) is 0 Å². The predicted octanol–water partition coefficient (Wildman–Crippen LogP) is 3.49. The largest absolute Gasteiger partial charge is 0.452 e. The molecular formula is C17H14O4. The van der Waals surface area contributed by atoms with E-state index in [0.29, 0.717) is 22.6 Å². The van der Waals surface area contributed by atoms with Crippen LogP contribution in [0.5, 0.6) is 11.5 Å². The Labute approximate surface area is 122 Å². The van der Waals surface area contributed by atoms with Crippen molar-refractivity contribution in [1.29, 1.82) is 0 Å². The zero-order chi connectivity index (χ0) is 15.0. The van der Waals surface area contributed by atoms with Crippen LogP contribution in [0.2, 0.25) is 0 Å². The lowest BCUT2D eigenvalue weighted by Crippen LogP contribution is -2.34. The molecule has 2 aromatic carbocycles. The summed E-state index contributed by atoms with van der Waals surface area (Å²) in [5.74, 6) is 0.271. The van der Waals surface area contributed by atoms with Crippen molar-refractivity contribution in [2.24, 2.45) is 0 Å². The first kappa shape index (κ1) is 13.4. The fraction of sp³-hybridized carbons (Fsp3) is 0.176. The van der Waals surface area contributed by atoms with Gasteiger partial charge in [-0.05, 0) is 24.3 Å². The van der Waals surface area contributed by atoms with E-state index in [2.05, 4.69) is 0 Å². The minimum Gasteiger partial charge on any atom is -0.452 e. The van der Waals surface area contributed by atoms with Crippen molar-refractivity contribution in [3.63, 3.8) is 0 Å². The zero-order valence-corrected chi connectivity index (χ0v) is 11.8. The minimum absolute atomic E-state index is 0.539. The molecular weight excluding hydrogens is 268 g/mol. The predicted molar refractivity (Wildman–Crippen MR) is 78.0 cm³/mol. The van der Waals surface area contributed by atoms with Crippen LogP contribution in [0.1, 0.15) is 34.6 Å². The lowest BCUT2D eigenvalue weighted by molar-refractivity contribution is -0.0779. The van der Waals surface area contributed by atoms with Crippen molar-refractivity contribution in [2.75, 3.05) is 0 Å². The maximum Gasteiger partial charge on any atom is 0.245 e. The van der Waals surface area contributed by atoms with E-state index in [1.807, 2.05) is 12.1 Å². The van der Waals surface area contributed by atoms with Gasteiger partial charge in [-0.1, -0.05) is 12.1 Å². The van der Waals surface area contributed by atoms with E-state index in [-0.39, 0.29) is 0 Å². The van der Waals surface area contributed by atoms with Gasteiger partial charge >= 0.3 is 0 Å². The van der Waals surface area contributed by atoms with Crippen LogP contribution >= 0.6 is 0 Å². The number of hydrogen-bond acceptors (Lipinski definition) is 4. The van der Waals surface area contributed by atoms with Crippen LogP contribution < -0.4 is 9.47 Å². The Morgan fingerprint density at radius 3 is 1.62 bits per heavy atom. The molecule has 0 saturated carbocycles. The van der Waals surface area contributed by atoms with Gasteiger partial charge in [-0.3, -0.25) is 9.59 Å². The number of carbonyl (C=O) groups is 2. The molecule has 0 radical (unpaired) electrons. The second kappa shape index (κ2) is 4.74. The standard InChI is InChI=1S/C17H14O4/c1-17(2)20-15-7-11(9-18)3-5-13(15)14-6-4-12(10-19)8-16(14)21-17/h3-10H,1-2H3. The molecule has 0 N–H and O–H groups in total. The van der Waals surface area contributed by atoms with Crippen LogP contribution in [0.3, 0.4) is 0 Å². The van der Waals surface area contributed by atoms with Crippen LogP contribution in [0.15, 0.2) is 36.4 Å². The zero-order valence-electron chi connectivity index (χ0n) is 11.8. The van der Waals surface area contributed by atoms with Gasteiger partial charge in [-0.15, -0.1) is 0 Å². The maximum atomic E-state index is 10.9. The SMILES string of the molecule is CC1(C)Oc2cc(C=O)ccc2-c2ccc(C=O)cc2O1. The Morgan fingerprint density at radius 2 is 1.24 bits per heavy atom. The monoisotopic (exact) mass is 282 g/mol. The molecule has 0 atom stereocenters. The number of rotatable bonds is 2. The molecule has 0 bridgehead atoms. The summed E-state index contributed by atoms with van der Waals surface area (Å²) in [4.78, 5) is 21.9. The quantitative estimate of drug-likeness (QED) is 0.791. The smallest absolute Gasteiger partial charge is 0.245 e. The van der Waals surface area contributed by atoms with Crippen molar-refractivity contribution < 1.29 is 19.1 Å². The van der Waals surface area contributed by atoms with Gasteiger partial charge in [0.15, 0.2) is 0 Å². The van der Waals surface area contributed by atoms with Crippen LogP contribution in [0.25, 0.3) is 11.1 Å². The summed E-state index contributed by atoms with van der Waals surface area (Å²) in [6.07, 6.45) is 1.55. The van der Waals surface area contributed by atoms with E-state index in [1.165, 1.54) is 0 Å². The third kappa shape index (κ3) is 2.40. The molecule has 1 heterocycles. The first-order valence-electron chi connectivity index (χ1n) is 6.59. The van der Waals surface area contributed by atoms with Crippen LogP contribution in [-0.4, -0.2) is 18.4 Å². The van der Waals surface area contributed by atoms with Gasteiger partial charge < -0.3 is 9.47 Å². The topological polar surface area (TPSA) is 52.6 Å². The number of ether oxygens (including phenoxy) is 2. The average Bonchev–Trinajstić information content (AvgIpc) is 2.57. The summed E-state index contributed by atoms with van der Waals surface area (Å²) in [5, 5.41) is 0. The number of aldehydes is 2. The molecule has 0 unspecified atom stereocenters. The highest BCUT2D eigenvalue weighted by molar-refractivity contribution is 5.85. The normalized spacial score (nSPS) is 14.8. The molecule has 0 saturated heterocycles. The summed E-state index contributed by atoms with van der Waals surface area (Å²) in [5.41, 5.74) is 2.74. The van der Waals surface area contributed by atoms with E-state index in [4.69, 9.17) is 9.47 Å². The number of hydrogen-bond donors (Lipinski definition) is 0. The molecule has 0 fully saturated rings. The van der Waals surface area contributed by atoms with E-state index in [9.17, 15) is 9.59 Å². The van der Waals surface area contributed by atoms with Crippen molar-refractivity contribution >= 4 is 12.6 Å².